The number of nitrogens with zero attached hydrogens (tertiary/aromatic N) is 4. The molecule has 136 valence electrons. The molecule has 26 heavy (non-hydrogen) atoms. The summed E-state index contributed by atoms with van der Waals surface area (Å²) in [7, 11) is 3.19. The molecule has 8 heteroatoms. The lowest BCUT2D eigenvalue weighted by atomic mass is 10.1. The second-order valence-corrected chi connectivity index (χ2v) is 6.28. The summed E-state index contributed by atoms with van der Waals surface area (Å²) in [5, 5.41) is 0. The van der Waals surface area contributed by atoms with Crippen LogP contribution in [-0.4, -0.2) is 60.4 Å². The van der Waals surface area contributed by atoms with E-state index < -0.39 is 0 Å². The van der Waals surface area contributed by atoms with E-state index in [1.165, 1.54) is 0 Å². The molecule has 1 amide bonds. The van der Waals surface area contributed by atoms with Crippen LogP contribution in [0.2, 0.25) is 0 Å². The minimum absolute atomic E-state index is 0.0161. The fourth-order valence-electron chi connectivity index (χ4n) is 3.50. The van der Waals surface area contributed by atoms with Gasteiger partial charge in [-0.1, -0.05) is 6.07 Å². The SMILES string of the molecule is COc1ccc(CN2C(=O)O[C@H]3CN(c4cnccn4)C[C@H]32)cc1OC. The van der Waals surface area contributed by atoms with Crippen molar-refractivity contribution in [3.63, 3.8) is 0 Å². The Morgan fingerprint density at radius 1 is 1.19 bits per heavy atom. The van der Waals surface area contributed by atoms with Crippen molar-refractivity contribution in [1.82, 2.24) is 14.9 Å². The van der Waals surface area contributed by atoms with E-state index in [-0.39, 0.29) is 18.2 Å². The molecule has 0 saturated carbocycles. The number of carbonyl (C=O) groups is 1. The van der Waals surface area contributed by atoms with Gasteiger partial charge in [0.05, 0.1) is 33.0 Å². The first-order valence-electron chi connectivity index (χ1n) is 8.38. The van der Waals surface area contributed by atoms with Gasteiger partial charge >= 0.3 is 6.09 Å². The topological polar surface area (TPSA) is 77.0 Å². The monoisotopic (exact) mass is 356 g/mol. The standard InChI is InChI=1S/C18H20N4O4/c1-24-14-4-3-12(7-15(14)25-2)9-22-13-10-21(11-16(13)26-18(22)23)17-8-19-5-6-20-17/h3-8,13,16H,9-11H2,1-2H3/t13-,16+/m1/s1. The minimum Gasteiger partial charge on any atom is -0.493 e. The van der Waals surface area contributed by atoms with Gasteiger partial charge in [0, 0.05) is 25.5 Å². The van der Waals surface area contributed by atoms with Gasteiger partial charge in [-0.3, -0.25) is 9.88 Å². The number of hydrogen-bond donors (Lipinski definition) is 0. The summed E-state index contributed by atoms with van der Waals surface area (Å²) >= 11 is 0. The largest absolute Gasteiger partial charge is 0.493 e. The van der Waals surface area contributed by atoms with Gasteiger partial charge in [0.15, 0.2) is 11.5 Å². The van der Waals surface area contributed by atoms with Crippen LogP contribution >= 0.6 is 0 Å². The van der Waals surface area contributed by atoms with E-state index in [2.05, 4.69) is 14.9 Å². The van der Waals surface area contributed by atoms with Crippen LogP contribution < -0.4 is 14.4 Å². The number of benzene rings is 1. The first-order chi connectivity index (χ1) is 12.7. The molecule has 2 aromatic rings. The fraction of sp³-hybridized carbons (Fsp3) is 0.389. The highest BCUT2D eigenvalue weighted by Gasteiger charge is 2.48. The van der Waals surface area contributed by atoms with Crippen LogP contribution in [0, 0.1) is 0 Å². The number of rotatable bonds is 5. The number of methoxy groups -OCH3 is 2. The summed E-state index contributed by atoms with van der Waals surface area (Å²) in [6.45, 7) is 1.74. The van der Waals surface area contributed by atoms with Crippen LogP contribution in [0.1, 0.15) is 5.56 Å². The van der Waals surface area contributed by atoms with E-state index in [1.807, 2.05) is 18.2 Å². The number of anilines is 1. The van der Waals surface area contributed by atoms with Crippen LogP contribution in [0.15, 0.2) is 36.8 Å². The molecule has 4 rings (SSSR count). The van der Waals surface area contributed by atoms with E-state index in [9.17, 15) is 4.79 Å². The first-order valence-corrected chi connectivity index (χ1v) is 8.38. The molecule has 1 aromatic heterocycles. The van der Waals surface area contributed by atoms with Gasteiger partial charge in [-0.15, -0.1) is 0 Å². The molecule has 0 unspecified atom stereocenters. The van der Waals surface area contributed by atoms with E-state index in [1.54, 1.807) is 37.7 Å². The third kappa shape index (κ3) is 2.87. The van der Waals surface area contributed by atoms with Crippen molar-refractivity contribution in [3.8, 4) is 11.5 Å². The van der Waals surface area contributed by atoms with Crippen molar-refractivity contribution >= 4 is 11.9 Å². The number of amides is 1. The minimum atomic E-state index is -0.284. The Balaban J connectivity index is 1.51. The Morgan fingerprint density at radius 3 is 2.77 bits per heavy atom. The molecule has 8 nitrogen and oxygen atoms in total. The summed E-state index contributed by atoms with van der Waals surface area (Å²) in [5.74, 6) is 2.10. The first kappa shape index (κ1) is 16.4. The van der Waals surface area contributed by atoms with E-state index in [0.717, 1.165) is 11.4 Å². The number of fused-ring (bicyclic) bond motifs is 1. The number of ether oxygens (including phenoxy) is 3. The third-order valence-corrected chi connectivity index (χ3v) is 4.80. The van der Waals surface area contributed by atoms with Gasteiger partial charge in [-0.2, -0.15) is 0 Å². The summed E-state index contributed by atoms with van der Waals surface area (Å²) in [6.07, 6.45) is 4.58. The maximum Gasteiger partial charge on any atom is 0.410 e. The Hall–Kier alpha value is -3.03. The lowest BCUT2D eigenvalue weighted by Gasteiger charge is -2.23. The van der Waals surface area contributed by atoms with Crippen molar-refractivity contribution in [2.24, 2.45) is 0 Å². The Morgan fingerprint density at radius 2 is 2.04 bits per heavy atom. The van der Waals surface area contributed by atoms with Gasteiger partial charge < -0.3 is 19.1 Å². The second-order valence-electron chi connectivity index (χ2n) is 6.28. The third-order valence-electron chi connectivity index (χ3n) is 4.80. The van der Waals surface area contributed by atoms with Crippen LogP contribution in [0.5, 0.6) is 11.5 Å². The number of carbonyl (C=O) groups excluding carboxylic acids is 1. The molecule has 0 bridgehead atoms. The van der Waals surface area contributed by atoms with Gasteiger partial charge in [-0.25, -0.2) is 9.78 Å². The highest BCUT2D eigenvalue weighted by molar-refractivity contribution is 5.72. The molecular weight excluding hydrogens is 336 g/mol. The van der Waals surface area contributed by atoms with Gasteiger partial charge in [0.1, 0.15) is 11.9 Å². The van der Waals surface area contributed by atoms with Crippen LogP contribution in [0.3, 0.4) is 0 Å². The predicted octanol–water partition coefficient (Wildman–Crippen LogP) is 1.70. The Kier molecular flexibility index (Phi) is 4.24. The van der Waals surface area contributed by atoms with Gasteiger partial charge in [-0.05, 0) is 17.7 Å². The highest BCUT2D eigenvalue weighted by atomic mass is 16.6. The zero-order chi connectivity index (χ0) is 18.1. The smallest absolute Gasteiger partial charge is 0.410 e. The molecule has 2 atom stereocenters. The zero-order valence-electron chi connectivity index (χ0n) is 14.7. The van der Waals surface area contributed by atoms with E-state index in [0.29, 0.717) is 31.1 Å². The highest BCUT2D eigenvalue weighted by Crippen LogP contribution is 2.32. The van der Waals surface area contributed by atoms with Crippen molar-refractivity contribution < 1.29 is 19.0 Å². The summed E-state index contributed by atoms with van der Waals surface area (Å²) < 4.78 is 16.2. The van der Waals surface area contributed by atoms with Gasteiger partial charge in [0.2, 0.25) is 0 Å². The lowest BCUT2D eigenvalue weighted by Crippen LogP contribution is -2.37. The maximum atomic E-state index is 12.3. The van der Waals surface area contributed by atoms with Crippen LogP contribution in [0.4, 0.5) is 10.6 Å². The molecule has 1 aromatic carbocycles. The van der Waals surface area contributed by atoms with Crippen LogP contribution in [-0.2, 0) is 11.3 Å². The predicted molar refractivity (Wildman–Crippen MR) is 93.4 cm³/mol. The summed E-state index contributed by atoms with van der Waals surface area (Å²) in [6, 6.07) is 5.64. The quantitative estimate of drug-likeness (QED) is 0.807. The van der Waals surface area contributed by atoms with Crippen LogP contribution in [0.25, 0.3) is 0 Å². The molecule has 3 heterocycles. The normalized spacial score (nSPS) is 21.5. The average molecular weight is 356 g/mol. The lowest BCUT2D eigenvalue weighted by molar-refractivity contribution is 0.135. The molecular formula is C18H20N4O4. The van der Waals surface area contributed by atoms with Gasteiger partial charge in [0.25, 0.3) is 0 Å². The average Bonchev–Trinajstić information content (AvgIpc) is 3.21. The number of aromatic nitrogens is 2. The zero-order valence-corrected chi connectivity index (χ0v) is 14.7. The Labute approximate surface area is 151 Å². The fourth-order valence-corrected chi connectivity index (χ4v) is 3.50. The van der Waals surface area contributed by atoms with Crippen molar-refractivity contribution in [1.29, 1.82) is 0 Å². The summed E-state index contributed by atoms with van der Waals surface area (Å²) in [4.78, 5) is 24.6. The number of hydrogen-bond acceptors (Lipinski definition) is 7. The van der Waals surface area contributed by atoms with E-state index >= 15 is 0 Å². The molecule has 2 fully saturated rings. The molecule has 0 N–H and O–H groups in total. The van der Waals surface area contributed by atoms with Crippen molar-refractivity contribution in [3.05, 3.63) is 42.4 Å². The Bertz CT molecular complexity index is 801. The molecule has 0 aliphatic carbocycles. The molecule has 0 spiro atoms. The molecule has 2 aliphatic rings. The van der Waals surface area contributed by atoms with Crippen molar-refractivity contribution in [2.45, 2.75) is 18.7 Å². The second kappa shape index (κ2) is 6.70. The van der Waals surface area contributed by atoms with E-state index in [4.69, 9.17) is 14.2 Å². The molecule has 2 aliphatic heterocycles. The molecule has 2 saturated heterocycles. The molecule has 0 radical (unpaired) electrons. The maximum absolute atomic E-state index is 12.3. The summed E-state index contributed by atoms with van der Waals surface area (Å²) in [5.41, 5.74) is 0.957. The van der Waals surface area contributed by atoms with Crippen molar-refractivity contribution in [2.75, 3.05) is 32.2 Å².